The van der Waals surface area contributed by atoms with Crippen molar-refractivity contribution in [1.29, 1.82) is 0 Å². The first kappa shape index (κ1) is 13.7. The number of carbonyl (C=O) groups excluding carboxylic acids is 1. The molecule has 2 N–H and O–H groups in total. The average Bonchev–Trinajstić information content (AvgIpc) is 2.31. The third-order valence-electron chi connectivity index (χ3n) is 3.74. The molecule has 16 heavy (non-hydrogen) atoms. The van der Waals surface area contributed by atoms with Crippen LogP contribution >= 0.6 is 0 Å². The minimum absolute atomic E-state index is 0.0719. The molecular formula is C11H24N2O2Si. The van der Waals surface area contributed by atoms with Gasteiger partial charge >= 0.3 is 0 Å². The van der Waals surface area contributed by atoms with Crippen LogP contribution in [0.25, 0.3) is 0 Å². The first-order valence-corrected chi connectivity index (χ1v) is 8.73. The largest absolute Gasteiger partial charge is 0.320 e. The Hall–Kier alpha value is -0.393. The lowest BCUT2D eigenvalue weighted by molar-refractivity contribution is -0.153. The summed E-state index contributed by atoms with van der Waals surface area (Å²) in [5, 5.41) is 1.59. The molecule has 1 saturated heterocycles. The molecule has 0 radical (unpaired) electrons. The quantitative estimate of drug-likeness (QED) is 0.753. The van der Waals surface area contributed by atoms with E-state index in [0.717, 1.165) is 0 Å². The summed E-state index contributed by atoms with van der Waals surface area (Å²) in [5.41, 5.74) is 5.78. The molecule has 0 aromatic carbocycles. The minimum atomic E-state index is -1.92. The molecule has 0 saturated carbocycles. The first-order valence-electron chi connectivity index (χ1n) is 5.82. The predicted molar refractivity (Wildman–Crippen MR) is 67.1 cm³/mol. The van der Waals surface area contributed by atoms with Gasteiger partial charge in [-0.1, -0.05) is 27.7 Å². The van der Waals surface area contributed by atoms with Gasteiger partial charge < -0.3 is 10.3 Å². The molecule has 1 amide bonds. The van der Waals surface area contributed by atoms with E-state index in [1.165, 1.54) is 5.06 Å². The van der Waals surface area contributed by atoms with Gasteiger partial charge in [-0.25, -0.2) is 5.06 Å². The number of amides is 1. The molecule has 0 aromatic heterocycles. The highest BCUT2D eigenvalue weighted by molar-refractivity contribution is 6.74. The van der Waals surface area contributed by atoms with Gasteiger partial charge in [-0.3, -0.25) is 4.79 Å². The summed E-state index contributed by atoms with van der Waals surface area (Å²) in [7, 11) is -1.92. The lowest BCUT2D eigenvalue weighted by Gasteiger charge is -2.38. The highest BCUT2D eigenvalue weighted by Crippen LogP contribution is 2.38. The highest BCUT2D eigenvalue weighted by Gasteiger charge is 2.44. The maximum Gasteiger partial charge on any atom is 0.262 e. The smallest absolute Gasteiger partial charge is 0.262 e. The highest BCUT2D eigenvalue weighted by atomic mass is 28.4. The zero-order valence-electron chi connectivity index (χ0n) is 11.2. The van der Waals surface area contributed by atoms with Crippen LogP contribution in [0.4, 0.5) is 0 Å². The fourth-order valence-electron chi connectivity index (χ4n) is 1.37. The van der Waals surface area contributed by atoms with E-state index in [1.807, 2.05) is 6.92 Å². The topological polar surface area (TPSA) is 55.6 Å². The first-order chi connectivity index (χ1) is 7.06. The zero-order chi connectivity index (χ0) is 12.7. The van der Waals surface area contributed by atoms with E-state index in [9.17, 15) is 4.79 Å². The summed E-state index contributed by atoms with van der Waals surface area (Å²) in [6, 6.07) is -0.398. The maximum atomic E-state index is 11.8. The van der Waals surface area contributed by atoms with Crippen molar-refractivity contribution in [1.82, 2.24) is 5.06 Å². The fraction of sp³-hybridized carbons (Fsp3) is 0.909. The van der Waals surface area contributed by atoms with Crippen molar-refractivity contribution in [2.45, 2.75) is 51.9 Å². The second-order valence-corrected chi connectivity index (χ2v) is 11.0. The fourth-order valence-corrected chi connectivity index (χ4v) is 2.36. The van der Waals surface area contributed by atoms with Crippen LogP contribution in [0.3, 0.4) is 0 Å². The van der Waals surface area contributed by atoms with E-state index < -0.39 is 14.4 Å². The van der Waals surface area contributed by atoms with E-state index in [1.54, 1.807) is 0 Å². The maximum absolute atomic E-state index is 11.8. The molecule has 1 fully saturated rings. The van der Waals surface area contributed by atoms with Gasteiger partial charge in [0.25, 0.3) is 5.91 Å². The standard InChI is InChI=1S/C11H24N2O2Si/c1-8-7-13(10(14)9(8)12)15-16(5,6)11(2,3)4/h8-9H,7,12H2,1-6H3/t8-,9-/m1/s1. The van der Waals surface area contributed by atoms with Gasteiger partial charge in [-0.05, 0) is 18.1 Å². The van der Waals surface area contributed by atoms with E-state index in [4.69, 9.17) is 10.3 Å². The van der Waals surface area contributed by atoms with Gasteiger partial charge in [0, 0.05) is 5.92 Å². The summed E-state index contributed by atoms with van der Waals surface area (Å²) in [5.74, 6) is 0.106. The van der Waals surface area contributed by atoms with Crippen LogP contribution in [-0.2, 0) is 9.32 Å². The lowest BCUT2D eigenvalue weighted by atomic mass is 10.1. The van der Waals surface area contributed by atoms with Gasteiger partial charge in [0.2, 0.25) is 8.32 Å². The van der Waals surface area contributed by atoms with Crippen LogP contribution in [-0.4, -0.2) is 31.9 Å². The molecule has 1 heterocycles. The Kier molecular flexibility index (Phi) is 3.52. The Bertz CT molecular complexity index is 286. The second kappa shape index (κ2) is 4.12. The van der Waals surface area contributed by atoms with Crippen LogP contribution in [0.1, 0.15) is 27.7 Å². The second-order valence-electron chi connectivity index (χ2n) is 6.25. The normalized spacial score (nSPS) is 27.7. The molecule has 1 rings (SSSR count). The van der Waals surface area contributed by atoms with Crippen molar-refractivity contribution in [3.05, 3.63) is 0 Å². The van der Waals surface area contributed by atoms with E-state index >= 15 is 0 Å². The number of carbonyl (C=O) groups is 1. The minimum Gasteiger partial charge on any atom is -0.320 e. The van der Waals surface area contributed by atoms with Gasteiger partial charge in [-0.15, -0.1) is 0 Å². The van der Waals surface area contributed by atoms with Gasteiger partial charge in [0.05, 0.1) is 12.6 Å². The summed E-state index contributed by atoms with van der Waals surface area (Å²) in [4.78, 5) is 11.8. The number of nitrogens with two attached hydrogens (primary N) is 1. The van der Waals surface area contributed by atoms with E-state index in [0.29, 0.717) is 6.54 Å². The van der Waals surface area contributed by atoms with Gasteiger partial charge in [-0.2, -0.15) is 0 Å². The molecule has 0 spiro atoms. The van der Waals surface area contributed by atoms with Crippen LogP contribution in [0, 0.1) is 5.92 Å². The predicted octanol–water partition coefficient (Wildman–Crippen LogP) is 1.73. The van der Waals surface area contributed by atoms with Crippen molar-refractivity contribution in [2.75, 3.05) is 6.54 Å². The van der Waals surface area contributed by atoms with Crippen LogP contribution < -0.4 is 5.73 Å². The van der Waals surface area contributed by atoms with Crippen LogP contribution in [0.2, 0.25) is 18.1 Å². The number of hydrogen-bond donors (Lipinski definition) is 1. The van der Waals surface area contributed by atoms with Crippen molar-refractivity contribution < 1.29 is 9.32 Å². The van der Waals surface area contributed by atoms with Crippen molar-refractivity contribution in [3.8, 4) is 0 Å². The molecule has 94 valence electrons. The molecule has 4 nitrogen and oxygen atoms in total. The molecule has 5 heteroatoms. The summed E-state index contributed by atoms with van der Waals surface area (Å²) < 4.78 is 5.96. The molecule has 1 aliphatic rings. The summed E-state index contributed by atoms with van der Waals surface area (Å²) >= 11 is 0. The molecule has 1 aliphatic heterocycles. The number of rotatable bonds is 2. The lowest BCUT2D eigenvalue weighted by Crippen LogP contribution is -2.48. The third-order valence-corrected chi connectivity index (χ3v) is 8.03. The Balaban J connectivity index is 2.73. The van der Waals surface area contributed by atoms with Gasteiger partial charge in [0.15, 0.2) is 0 Å². The number of hydrogen-bond acceptors (Lipinski definition) is 3. The molecule has 0 aliphatic carbocycles. The molecule has 0 bridgehead atoms. The van der Waals surface area contributed by atoms with Crippen molar-refractivity contribution in [3.63, 3.8) is 0 Å². The zero-order valence-corrected chi connectivity index (χ0v) is 12.2. The number of nitrogens with zero attached hydrogens (tertiary/aromatic N) is 1. The van der Waals surface area contributed by atoms with Crippen LogP contribution in [0.15, 0.2) is 0 Å². The number of hydroxylamine groups is 2. The molecular weight excluding hydrogens is 220 g/mol. The van der Waals surface area contributed by atoms with Crippen LogP contribution in [0.5, 0.6) is 0 Å². The molecule has 2 atom stereocenters. The molecule has 0 aromatic rings. The van der Waals surface area contributed by atoms with E-state index in [2.05, 4.69) is 33.9 Å². The van der Waals surface area contributed by atoms with Crippen molar-refractivity contribution in [2.24, 2.45) is 11.7 Å². The van der Waals surface area contributed by atoms with Crippen molar-refractivity contribution >= 4 is 14.2 Å². The van der Waals surface area contributed by atoms with E-state index in [-0.39, 0.29) is 16.9 Å². The molecule has 0 unspecified atom stereocenters. The monoisotopic (exact) mass is 244 g/mol. The Morgan fingerprint density at radius 1 is 1.44 bits per heavy atom. The Morgan fingerprint density at radius 2 is 1.94 bits per heavy atom. The van der Waals surface area contributed by atoms with Gasteiger partial charge in [0.1, 0.15) is 0 Å². The Morgan fingerprint density at radius 3 is 2.25 bits per heavy atom. The summed E-state index contributed by atoms with van der Waals surface area (Å²) in [6.07, 6.45) is 0. The Labute approximate surface area is 99.2 Å². The third kappa shape index (κ3) is 2.47. The summed E-state index contributed by atoms with van der Waals surface area (Å²) in [6.45, 7) is 13.3. The average molecular weight is 244 g/mol. The SMILES string of the molecule is C[C@@H]1CN(O[Si](C)(C)C(C)(C)C)C(=O)[C@@H]1N.